The van der Waals surface area contributed by atoms with Crippen LogP contribution in [0.3, 0.4) is 0 Å². The first-order chi connectivity index (χ1) is 22.3. The Morgan fingerprint density at radius 2 is 1.33 bits per heavy atom. The number of hydrogen-bond donors (Lipinski definition) is 1. The van der Waals surface area contributed by atoms with Crippen LogP contribution in [0.15, 0.2) is 97.1 Å². The van der Waals surface area contributed by atoms with Gasteiger partial charge in [0.15, 0.2) is 6.23 Å². The molecular weight excluding hydrogens is 588 g/mol. The van der Waals surface area contributed by atoms with Crippen molar-refractivity contribution in [1.82, 2.24) is 9.80 Å². The van der Waals surface area contributed by atoms with Gasteiger partial charge in [0.25, 0.3) is 0 Å². The molecule has 4 aromatic carbocycles. The van der Waals surface area contributed by atoms with E-state index in [0.717, 1.165) is 21.6 Å². The van der Waals surface area contributed by atoms with E-state index in [-0.39, 0.29) is 31.0 Å². The number of carboxylic acids is 1. The molecule has 1 aliphatic rings. The highest BCUT2D eigenvalue weighted by molar-refractivity contribution is 6.01. The summed E-state index contributed by atoms with van der Waals surface area (Å²) in [7, 11) is 3.17. The number of ether oxygens (including phenoxy) is 4. The van der Waals surface area contributed by atoms with Gasteiger partial charge in [-0.3, -0.25) is 4.79 Å². The van der Waals surface area contributed by atoms with Gasteiger partial charge in [0, 0.05) is 13.1 Å². The summed E-state index contributed by atoms with van der Waals surface area (Å²) in [6.07, 6.45) is -0.659. The Bertz CT molecular complexity index is 1610. The van der Waals surface area contributed by atoms with E-state index in [0.29, 0.717) is 29.6 Å². The molecule has 10 heteroatoms. The van der Waals surface area contributed by atoms with E-state index in [1.165, 1.54) is 24.3 Å². The zero-order chi connectivity index (χ0) is 32.6. The largest absolute Gasteiger partial charge is 0.497 e. The van der Waals surface area contributed by atoms with Crippen LogP contribution in [-0.2, 0) is 24.3 Å². The van der Waals surface area contributed by atoms with Crippen molar-refractivity contribution in [3.05, 3.63) is 119 Å². The lowest BCUT2D eigenvalue weighted by Crippen LogP contribution is -2.68. The predicted molar refractivity (Wildman–Crippen MR) is 170 cm³/mol. The van der Waals surface area contributed by atoms with Gasteiger partial charge in [0.05, 0.1) is 32.3 Å². The van der Waals surface area contributed by atoms with E-state index >= 15 is 0 Å². The maximum atomic E-state index is 14.3. The maximum absolute atomic E-state index is 14.3. The van der Waals surface area contributed by atoms with Crippen molar-refractivity contribution >= 4 is 17.9 Å². The van der Waals surface area contributed by atoms with Gasteiger partial charge in [0.2, 0.25) is 5.91 Å². The summed E-state index contributed by atoms with van der Waals surface area (Å²) in [5, 5.41) is 9.33. The zero-order valence-electron chi connectivity index (χ0n) is 25.9. The van der Waals surface area contributed by atoms with Crippen LogP contribution in [-0.4, -0.2) is 59.9 Å². The van der Waals surface area contributed by atoms with Crippen molar-refractivity contribution in [2.45, 2.75) is 32.7 Å². The van der Waals surface area contributed by atoms with Gasteiger partial charge >= 0.3 is 12.0 Å². The van der Waals surface area contributed by atoms with Gasteiger partial charge < -0.3 is 29.0 Å². The summed E-state index contributed by atoms with van der Waals surface area (Å²) in [5.41, 5.74) is 2.61. The van der Waals surface area contributed by atoms with Crippen molar-refractivity contribution in [3.8, 4) is 23.0 Å². The normalized spacial score (nSPS) is 15.5. The van der Waals surface area contributed by atoms with E-state index in [4.69, 9.17) is 18.9 Å². The number of carbonyl (C=O) groups excluding carboxylic acids is 2. The fraction of sp³-hybridized carbons (Fsp3) is 0.250. The third kappa shape index (κ3) is 7.23. The number of hydrogen-bond acceptors (Lipinski definition) is 7. The number of benzene rings is 4. The maximum Gasteiger partial charge on any atom is 0.335 e. The predicted octanol–water partition coefficient (Wildman–Crippen LogP) is 6.03. The number of carboxylic acid groups (broad SMARTS) is 1. The molecule has 0 radical (unpaired) electrons. The van der Waals surface area contributed by atoms with Gasteiger partial charge in [-0.25, -0.2) is 14.5 Å². The van der Waals surface area contributed by atoms with Crippen molar-refractivity contribution < 1.29 is 38.4 Å². The fourth-order valence-corrected chi connectivity index (χ4v) is 5.32. The number of rotatable bonds is 13. The first-order valence-electron chi connectivity index (χ1n) is 14.9. The topological polar surface area (TPSA) is 115 Å². The number of para-hydroxylation sites is 1. The van der Waals surface area contributed by atoms with Crippen LogP contribution in [0.25, 0.3) is 0 Å². The summed E-state index contributed by atoms with van der Waals surface area (Å²) in [6, 6.07) is 27.6. The molecule has 0 bridgehead atoms. The molecule has 238 valence electrons. The standard InChI is InChI=1S/C36H36N2O8/c1-4-45-32-8-6-5-7-27(32)21-31-33(39)38(34(31)46-30-19-13-26(14-20-30)35(40)41)36(42)37(22-24-9-15-28(43-2)16-10-24)23-25-11-17-29(44-3)18-12-25/h5-20,31,34H,4,21-23H2,1-3H3,(H,40,41). The van der Waals surface area contributed by atoms with E-state index in [1.807, 2.05) is 79.7 Å². The highest BCUT2D eigenvalue weighted by atomic mass is 16.5. The second kappa shape index (κ2) is 14.5. The van der Waals surface area contributed by atoms with Crippen molar-refractivity contribution in [3.63, 3.8) is 0 Å². The Hall–Kier alpha value is -5.51. The van der Waals surface area contributed by atoms with Gasteiger partial charge in [0.1, 0.15) is 23.0 Å². The van der Waals surface area contributed by atoms with Crippen LogP contribution < -0.4 is 18.9 Å². The average Bonchev–Trinajstić information content (AvgIpc) is 3.08. The smallest absolute Gasteiger partial charge is 0.335 e. The molecule has 0 aromatic heterocycles. The lowest BCUT2D eigenvalue weighted by atomic mass is 9.88. The van der Waals surface area contributed by atoms with Crippen LogP contribution >= 0.6 is 0 Å². The van der Waals surface area contributed by atoms with Crippen LogP contribution in [0.1, 0.15) is 34.0 Å². The second-order valence-corrected chi connectivity index (χ2v) is 10.7. The quantitative estimate of drug-likeness (QED) is 0.179. The minimum Gasteiger partial charge on any atom is -0.497 e. The molecule has 1 fully saturated rings. The molecule has 3 amide bonds. The Morgan fingerprint density at radius 1 is 0.783 bits per heavy atom. The highest BCUT2D eigenvalue weighted by Crippen LogP contribution is 2.36. The Kier molecular flexibility index (Phi) is 10.1. The molecule has 2 unspecified atom stereocenters. The number of amides is 3. The molecule has 2 atom stereocenters. The first-order valence-corrected chi connectivity index (χ1v) is 14.9. The molecule has 1 saturated heterocycles. The molecule has 46 heavy (non-hydrogen) atoms. The number of urea groups is 1. The lowest BCUT2D eigenvalue weighted by Gasteiger charge is -2.46. The lowest BCUT2D eigenvalue weighted by molar-refractivity contribution is -0.168. The van der Waals surface area contributed by atoms with Gasteiger partial charge in [-0.15, -0.1) is 0 Å². The summed E-state index contributed by atoms with van der Waals surface area (Å²) in [4.78, 5) is 42.3. The van der Waals surface area contributed by atoms with Crippen LogP contribution in [0.5, 0.6) is 23.0 Å². The summed E-state index contributed by atoms with van der Waals surface area (Å²) >= 11 is 0. The van der Waals surface area contributed by atoms with Crippen molar-refractivity contribution in [2.24, 2.45) is 5.92 Å². The number of imide groups is 1. The minimum absolute atomic E-state index is 0.0947. The van der Waals surface area contributed by atoms with Gasteiger partial charge in [-0.2, -0.15) is 0 Å². The molecule has 4 aromatic rings. The molecule has 0 aliphatic carbocycles. The van der Waals surface area contributed by atoms with E-state index < -0.39 is 24.1 Å². The SMILES string of the molecule is CCOc1ccccc1CC1C(=O)N(C(=O)N(Cc2ccc(OC)cc2)Cc2ccc(OC)cc2)C1Oc1ccc(C(=O)O)cc1. The molecule has 5 rings (SSSR count). The number of carbonyl (C=O) groups is 3. The van der Waals surface area contributed by atoms with E-state index in [1.54, 1.807) is 19.1 Å². The molecule has 0 saturated carbocycles. The van der Waals surface area contributed by atoms with Gasteiger partial charge in [-0.1, -0.05) is 42.5 Å². The Balaban J connectivity index is 1.46. The van der Waals surface area contributed by atoms with Crippen LogP contribution in [0.4, 0.5) is 4.79 Å². The number of β-lactam (4-membered cyclic amide) rings is 1. The number of aromatic carboxylic acids is 1. The average molecular weight is 625 g/mol. The molecule has 1 aliphatic heterocycles. The summed E-state index contributed by atoms with van der Waals surface area (Å²) in [5.74, 6) is 0.235. The minimum atomic E-state index is -1.07. The van der Waals surface area contributed by atoms with Crippen LogP contribution in [0.2, 0.25) is 0 Å². The molecule has 1 heterocycles. The highest BCUT2D eigenvalue weighted by Gasteiger charge is 2.54. The second-order valence-electron chi connectivity index (χ2n) is 10.7. The molecule has 1 N–H and O–H groups in total. The third-order valence-corrected chi connectivity index (χ3v) is 7.77. The monoisotopic (exact) mass is 624 g/mol. The number of nitrogens with zero attached hydrogens (tertiary/aromatic N) is 2. The Labute approximate surface area is 267 Å². The summed E-state index contributed by atoms with van der Waals surface area (Å²) in [6.45, 7) is 2.79. The third-order valence-electron chi connectivity index (χ3n) is 7.77. The molecule has 0 spiro atoms. The van der Waals surface area contributed by atoms with Crippen molar-refractivity contribution in [1.29, 1.82) is 0 Å². The number of likely N-dealkylation sites (tertiary alicyclic amines) is 1. The van der Waals surface area contributed by atoms with Gasteiger partial charge in [-0.05, 0) is 84.6 Å². The first kappa shape index (κ1) is 31.9. The number of methoxy groups -OCH3 is 2. The Morgan fingerprint density at radius 3 is 1.85 bits per heavy atom. The van der Waals surface area contributed by atoms with Crippen LogP contribution in [0, 0.1) is 5.92 Å². The zero-order valence-corrected chi connectivity index (χ0v) is 25.9. The fourth-order valence-electron chi connectivity index (χ4n) is 5.32. The summed E-state index contributed by atoms with van der Waals surface area (Å²) < 4.78 is 22.7. The van der Waals surface area contributed by atoms with Crippen molar-refractivity contribution in [2.75, 3.05) is 20.8 Å². The molecular formula is C36H36N2O8. The van der Waals surface area contributed by atoms with E-state index in [2.05, 4.69) is 0 Å². The molecule has 10 nitrogen and oxygen atoms in total. The van der Waals surface area contributed by atoms with E-state index in [9.17, 15) is 19.5 Å².